The largest absolute Gasteiger partial charge is 0.335 e. The van der Waals surface area contributed by atoms with Crippen molar-refractivity contribution in [2.75, 3.05) is 4.90 Å². The first kappa shape index (κ1) is 27.4. The van der Waals surface area contributed by atoms with Crippen molar-refractivity contribution in [3.05, 3.63) is 179 Å². The molecule has 1 heterocycles. The van der Waals surface area contributed by atoms with Gasteiger partial charge in [-0.1, -0.05) is 135 Å². The zero-order valence-electron chi connectivity index (χ0n) is 26.7. The molecule has 9 rings (SSSR count). The van der Waals surface area contributed by atoms with E-state index in [1.54, 1.807) is 0 Å². The Morgan fingerprint density at radius 1 is 0.587 bits per heavy atom. The molecule has 46 heavy (non-hydrogen) atoms. The predicted octanol–water partition coefficient (Wildman–Crippen LogP) is 11.5. The van der Waals surface area contributed by atoms with Crippen molar-refractivity contribution < 1.29 is 0 Å². The van der Waals surface area contributed by atoms with Gasteiger partial charge in [-0.05, 0) is 106 Å². The maximum Gasteiger partial charge on any atom is 0.0713 e. The second-order valence-electron chi connectivity index (χ2n) is 13.9. The molecule has 3 atom stereocenters. The maximum absolute atomic E-state index is 2.67. The molecule has 3 aliphatic rings. The van der Waals surface area contributed by atoms with Crippen LogP contribution in [-0.4, -0.2) is 5.54 Å². The van der Waals surface area contributed by atoms with Crippen molar-refractivity contribution in [2.24, 2.45) is 5.92 Å². The van der Waals surface area contributed by atoms with Crippen molar-refractivity contribution in [3.63, 3.8) is 0 Å². The van der Waals surface area contributed by atoms with Crippen LogP contribution in [0.5, 0.6) is 0 Å². The van der Waals surface area contributed by atoms with Crippen molar-refractivity contribution >= 4 is 11.4 Å². The smallest absolute Gasteiger partial charge is 0.0713 e. The number of hydrogen-bond donors (Lipinski definition) is 0. The summed E-state index contributed by atoms with van der Waals surface area (Å²) in [4.78, 5) is 2.67. The van der Waals surface area contributed by atoms with Gasteiger partial charge >= 0.3 is 0 Å². The molecule has 0 saturated heterocycles. The van der Waals surface area contributed by atoms with Gasteiger partial charge in [-0.2, -0.15) is 0 Å². The minimum absolute atomic E-state index is 0.0851. The van der Waals surface area contributed by atoms with Gasteiger partial charge in [0.25, 0.3) is 0 Å². The number of nitrogens with zero attached hydrogens (tertiary/aromatic N) is 1. The van der Waals surface area contributed by atoms with Crippen molar-refractivity contribution in [3.8, 4) is 22.3 Å². The highest BCUT2D eigenvalue weighted by atomic mass is 15.2. The van der Waals surface area contributed by atoms with Crippen LogP contribution in [0.3, 0.4) is 0 Å². The van der Waals surface area contributed by atoms with Crippen LogP contribution in [-0.2, 0) is 5.41 Å². The van der Waals surface area contributed by atoms with Gasteiger partial charge in [-0.15, -0.1) is 0 Å². The molecular formula is C45H39N. The van der Waals surface area contributed by atoms with Gasteiger partial charge in [-0.3, -0.25) is 0 Å². The summed E-state index contributed by atoms with van der Waals surface area (Å²) in [7, 11) is 0. The van der Waals surface area contributed by atoms with E-state index >= 15 is 0 Å². The van der Waals surface area contributed by atoms with Gasteiger partial charge in [0.1, 0.15) is 0 Å². The first-order valence-corrected chi connectivity index (χ1v) is 17.0. The van der Waals surface area contributed by atoms with Crippen LogP contribution in [0.15, 0.2) is 152 Å². The zero-order chi connectivity index (χ0) is 30.9. The Morgan fingerprint density at radius 2 is 1.17 bits per heavy atom. The van der Waals surface area contributed by atoms with Crippen LogP contribution in [0.4, 0.5) is 11.4 Å². The van der Waals surface area contributed by atoms with Gasteiger partial charge in [0.2, 0.25) is 0 Å². The van der Waals surface area contributed by atoms with E-state index in [9.17, 15) is 0 Å². The minimum Gasteiger partial charge on any atom is -0.335 e. The SMILES string of the molecule is CC1CCCC2(C)C1c1cc(-c3ccc4c(c3)-c3ccccc3C4(c3ccccc3)c3ccccc3)ccc1N2c1ccccc1. The van der Waals surface area contributed by atoms with Gasteiger partial charge < -0.3 is 4.90 Å². The molecule has 0 bridgehead atoms. The summed E-state index contributed by atoms with van der Waals surface area (Å²) in [6.07, 6.45) is 3.80. The van der Waals surface area contributed by atoms with Gasteiger partial charge in [-0.25, -0.2) is 0 Å². The highest BCUT2D eigenvalue weighted by Gasteiger charge is 2.52. The average Bonchev–Trinajstić information content (AvgIpc) is 3.56. The van der Waals surface area contributed by atoms with Crippen molar-refractivity contribution in [1.29, 1.82) is 0 Å². The number of anilines is 2. The highest BCUT2D eigenvalue weighted by molar-refractivity contribution is 5.89. The van der Waals surface area contributed by atoms with Gasteiger partial charge in [0, 0.05) is 22.8 Å². The third-order valence-electron chi connectivity index (χ3n) is 11.5. The molecule has 6 aromatic carbocycles. The summed E-state index contributed by atoms with van der Waals surface area (Å²) in [5.41, 5.74) is 14.5. The normalized spacial score (nSPS) is 22.1. The first-order chi connectivity index (χ1) is 22.6. The lowest BCUT2D eigenvalue weighted by molar-refractivity contribution is 0.223. The lowest BCUT2D eigenvalue weighted by Crippen LogP contribution is -2.47. The molecule has 1 nitrogen and oxygen atoms in total. The molecule has 3 unspecified atom stereocenters. The molecule has 6 aromatic rings. The van der Waals surface area contributed by atoms with Crippen LogP contribution >= 0.6 is 0 Å². The molecule has 0 radical (unpaired) electrons. The van der Waals surface area contributed by atoms with Crippen LogP contribution in [0.2, 0.25) is 0 Å². The number of fused-ring (bicyclic) bond motifs is 6. The Balaban J connectivity index is 1.23. The molecular weight excluding hydrogens is 555 g/mol. The summed E-state index contributed by atoms with van der Waals surface area (Å²) >= 11 is 0. The van der Waals surface area contributed by atoms with Crippen LogP contribution in [0.25, 0.3) is 22.3 Å². The lowest BCUT2D eigenvalue weighted by atomic mass is 9.67. The molecule has 1 fully saturated rings. The maximum atomic E-state index is 2.67. The zero-order valence-corrected chi connectivity index (χ0v) is 26.7. The quantitative estimate of drug-likeness (QED) is 0.196. The van der Waals surface area contributed by atoms with Crippen LogP contribution in [0, 0.1) is 5.92 Å². The average molecular weight is 594 g/mol. The second kappa shape index (κ2) is 10.3. The Bertz CT molecular complexity index is 2020. The van der Waals surface area contributed by atoms with Gasteiger partial charge in [0.05, 0.1) is 5.41 Å². The van der Waals surface area contributed by atoms with Crippen molar-refractivity contribution in [2.45, 2.75) is 50.0 Å². The molecule has 224 valence electrons. The molecule has 1 saturated carbocycles. The highest BCUT2D eigenvalue weighted by Crippen LogP contribution is 2.60. The monoisotopic (exact) mass is 593 g/mol. The predicted molar refractivity (Wildman–Crippen MR) is 192 cm³/mol. The molecule has 0 spiro atoms. The molecule has 2 aliphatic carbocycles. The molecule has 1 aliphatic heterocycles. The summed E-state index contributed by atoms with van der Waals surface area (Å²) in [6.45, 7) is 4.99. The summed E-state index contributed by atoms with van der Waals surface area (Å²) in [5, 5.41) is 0. The third-order valence-corrected chi connectivity index (χ3v) is 11.5. The third kappa shape index (κ3) is 3.75. The Morgan fingerprint density at radius 3 is 1.89 bits per heavy atom. The van der Waals surface area contributed by atoms with E-state index in [0.29, 0.717) is 11.8 Å². The number of hydrogen-bond acceptors (Lipinski definition) is 1. The van der Waals surface area contributed by atoms with Crippen molar-refractivity contribution in [1.82, 2.24) is 0 Å². The van der Waals surface area contributed by atoms with E-state index in [1.165, 1.54) is 80.7 Å². The van der Waals surface area contributed by atoms with Crippen LogP contribution < -0.4 is 4.90 Å². The summed E-state index contributed by atoms with van der Waals surface area (Å²) in [6, 6.07) is 56.9. The lowest BCUT2D eigenvalue weighted by Gasteiger charge is -2.46. The van der Waals surface area contributed by atoms with E-state index in [-0.39, 0.29) is 11.0 Å². The van der Waals surface area contributed by atoms with E-state index in [4.69, 9.17) is 0 Å². The summed E-state index contributed by atoms with van der Waals surface area (Å²) in [5.74, 6) is 1.15. The fraction of sp³-hybridized carbons (Fsp3) is 0.200. The minimum atomic E-state index is -0.361. The van der Waals surface area contributed by atoms with Gasteiger partial charge in [0.15, 0.2) is 0 Å². The molecule has 0 aromatic heterocycles. The Kier molecular flexibility index (Phi) is 6.16. The van der Waals surface area contributed by atoms with E-state index in [1.807, 2.05) is 0 Å². The fourth-order valence-electron chi connectivity index (χ4n) is 9.71. The standard InChI is InChI=1S/C45H39N/c1-31-15-14-28-44(2)43(31)39-30-33(25-27-42(39)46(44)36-20-10-5-11-21-36)32-24-26-41-38(29-32)37-22-12-13-23-40(37)45(41,34-16-6-3-7-17-34)35-18-8-4-9-19-35/h3-13,16-27,29-31,43H,14-15,28H2,1-2H3. The molecule has 0 amide bonds. The van der Waals surface area contributed by atoms with E-state index in [2.05, 4.69) is 170 Å². The van der Waals surface area contributed by atoms with E-state index < -0.39 is 0 Å². The van der Waals surface area contributed by atoms with E-state index in [0.717, 1.165) is 0 Å². The number of rotatable bonds is 4. The first-order valence-electron chi connectivity index (χ1n) is 17.0. The van der Waals surface area contributed by atoms with Crippen LogP contribution in [0.1, 0.15) is 66.8 Å². The molecule has 0 N–H and O–H groups in total. The summed E-state index contributed by atoms with van der Waals surface area (Å²) < 4.78 is 0. The Hall–Kier alpha value is -4.88. The molecule has 1 heteroatoms. The number of para-hydroxylation sites is 1. The second-order valence-corrected chi connectivity index (χ2v) is 13.9. The fourth-order valence-corrected chi connectivity index (χ4v) is 9.71. The number of benzene rings is 6. The Labute approximate surface area is 273 Å². The topological polar surface area (TPSA) is 3.24 Å².